The van der Waals surface area contributed by atoms with Gasteiger partial charge in [-0.3, -0.25) is 4.79 Å². The smallest absolute Gasteiger partial charge is 0.295 e. The fourth-order valence-electron chi connectivity index (χ4n) is 3.08. The second-order valence-corrected chi connectivity index (χ2v) is 7.29. The monoisotopic (exact) mass is 423 g/mol. The molecule has 5 nitrogen and oxygen atoms in total. The van der Waals surface area contributed by atoms with Crippen LogP contribution in [0, 0.1) is 0 Å². The molecule has 3 aromatic carbocycles. The van der Waals surface area contributed by atoms with Crippen molar-refractivity contribution in [1.82, 2.24) is 4.57 Å². The minimum Gasteiger partial charge on any atom is -0.493 e. The van der Waals surface area contributed by atoms with Crippen molar-refractivity contribution < 1.29 is 9.90 Å². The van der Waals surface area contributed by atoms with Gasteiger partial charge in [0.1, 0.15) is 0 Å². The summed E-state index contributed by atoms with van der Waals surface area (Å²) in [6.07, 6.45) is 0. The summed E-state index contributed by atoms with van der Waals surface area (Å²) in [6.45, 7) is 0.418. The second kappa shape index (κ2) is 8.07. The van der Waals surface area contributed by atoms with Crippen molar-refractivity contribution in [2.75, 3.05) is 0 Å². The molecule has 4 aromatic rings. The van der Waals surface area contributed by atoms with E-state index in [-0.39, 0.29) is 11.6 Å². The van der Waals surface area contributed by atoms with Gasteiger partial charge < -0.3 is 9.67 Å². The summed E-state index contributed by atoms with van der Waals surface area (Å²) in [4.78, 5) is 12.3. The lowest BCUT2D eigenvalue weighted by Gasteiger charge is -2.07. The van der Waals surface area contributed by atoms with Crippen LogP contribution in [-0.2, 0) is 6.54 Å². The maximum atomic E-state index is 12.3. The topological polar surface area (TPSA) is 66.9 Å². The van der Waals surface area contributed by atoms with E-state index in [0.29, 0.717) is 27.5 Å². The number of halogens is 2. The van der Waals surface area contributed by atoms with Crippen LogP contribution in [0.2, 0.25) is 10.0 Å². The molecular formula is C22H15Cl2N3O2. The maximum absolute atomic E-state index is 12.3. The van der Waals surface area contributed by atoms with Gasteiger partial charge >= 0.3 is 0 Å². The van der Waals surface area contributed by atoms with Crippen LogP contribution in [0.25, 0.3) is 10.9 Å². The van der Waals surface area contributed by atoms with E-state index in [1.165, 1.54) is 6.07 Å². The minimum absolute atomic E-state index is 0.0659. The molecule has 7 heteroatoms. The highest BCUT2D eigenvalue weighted by molar-refractivity contribution is 6.31. The molecule has 0 atom stereocenters. The molecule has 1 heterocycles. The molecule has 29 heavy (non-hydrogen) atoms. The molecule has 1 aromatic heterocycles. The van der Waals surface area contributed by atoms with Gasteiger partial charge in [-0.15, -0.1) is 10.2 Å². The molecule has 0 aliphatic heterocycles. The van der Waals surface area contributed by atoms with Crippen molar-refractivity contribution in [1.29, 1.82) is 0 Å². The van der Waals surface area contributed by atoms with Crippen LogP contribution < -0.4 is 0 Å². The number of fused-ring (bicyclic) bond motifs is 1. The summed E-state index contributed by atoms with van der Waals surface area (Å²) in [5.74, 6) is -0.606. The summed E-state index contributed by atoms with van der Waals surface area (Å²) < 4.78 is 1.72. The van der Waals surface area contributed by atoms with Crippen molar-refractivity contribution in [3.63, 3.8) is 0 Å². The predicted molar refractivity (Wildman–Crippen MR) is 114 cm³/mol. The number of aromatic nitrogens is 1. The molecule has 1 N–H and O–H groups in total. The first kappa shape index (κ1) is 19.2. The highest BCUT2D eigenvalue weighted by Gasteiger charge is 2.17. The molecule has 0 bridgehead atoms. The number of rotatable bonds is 4. The summed E-state index contributed by atoms with van der Waals surface area (Å²) in [7, 11) is 0. The number of carbonyl (C=O) groups is 1. The van der Waals surface area contributed by atoms with Crippen LogP contribution in [0.5, 0.6) is 5.88 Å². The van der Waals surface area contributed by atoms with Gasteiger partial charge in [0.2, 0.25) is 5.88 Å². The van der Waals surface area contributed by atoms with E-state index in [4.69, 9.17) is 23.2 Å². The Morgan fingerprint density at radius 1 is 0.931 bits per heavy atom. The number of hydrogen-bond donors (Lipinski definition) is 1. The van der Waals surface area contributed by atoms with Crippen molar-refractivity contribution in [3.05, 3.63) is 94.0 Å². The van der Waals surface area contributed by atoms with Crippen molar-refractivity contribution in [3.8, 4) is 5.88 Å². The molecule has 144 valence electrons. The largest absolute Gasteiger partial charge is 0.493 e. The Labute approximate surface area is 176 Å². The molecular weight excluding hydrogens is 409 g/mol. The van der Waals surface area contributed by atoms with Crippen LogP contribution in [0.3, 0.4) is 0 Å². The number of aromatic hydroxyl groups is 1. The van der Waals surface area contributed by atoms with Crippen molar-refractivity contribution in [2.24, 2.45) is 10.2 Å². The lowest BCUT2D eigenvalue weighted by molar-refractivity contribution is 0.0995. The highest BCUT2D eigenvalue weighted by atomic mass is 35.5. The number of nitrogens with zero attached hydrogens (tertiary/aromatic N) is 3. The zero-order valence-electron chi connectivity index (χ0n) is 15.1. The van der Waals surface area contributed by atoms with E-state index < -0.39 is 5.91 Å². The SMILES string of the molecule is O=C(N=Nc1c(O)n(Cc2ccc(Cl)cc2)c2ccccc12)c1cccc(Cl)c1. The van der Waals surface area contributed by atoms with E-state index in [1.54, 1.807) is 34.9 Å². The van der Waals surface area contributed by atoms with Gasteiger partial charge in [-0.25, -0.2) is 0 Å². The first-order chi connectivity index (χ1) is 14.0. The lowest BCUT2D eigenvalue weighted by atomic mass is 10.2. The normalized spacial score (nSPS) is 11.4. The van der Waals surface area contributed by atoms with Crippen molar-refractivity contribution >= 4 is 45.7 Å². The number of azo groups is 1. The van der Waals surface area contributed by atoms with Gasteiger partial charge in [-0.1, -0.05) is 59.6 Å². The summed E-state index contributed by atoms with van der Waals surface area (Å²) in [6, 6.07) is 21.3. The van der Waals surface area contributed by atoms with E-state index in [9.17, 15) is 9.90 Å². The van der Waals surface area contributed by atoms with Crippen LogP contribution in [0.4, 0.5) is 5.69 Å². The molecule has 0 aliphatic rings. The third-order valence-corrected chi connectivity index (χ3v) is 4.97. The molecule has 4 rings (SSSR count). The van der Waals surface area contributed by atoms with Gasteiger partial charge in [0.15, 0.2) is 5.69 Å². The fraction of sp³-hybridized carbons (Fsp3) is 0.0455. The predicted octanol–water partition coefficient (Wildman–Crippen LogP) is 6.63. The molecule has 0 saturated carbocycles. The first-order valence-electron chi connectivity index (χ1n) is 8.79. The maximum Gasteiger partial charge on any atom is 0.295 e. The zero-order valence-corrected chi connectivity index (χ0v) is 16.6. The fourth-order valence-corrected chi connectivity index (χ4v) is 3.39. The Morgan fingerprint density at radius 3 is 2.45 bits per heavy atom. The van der Waals surface area contributed by atoms with Gasteiger partial charge in [-0.2, -0.15) is 0 Å². The first-order valence-corrected chi connectivity index (χ1v) is 9.55. The van der Waals surface area contributed by atoms with E-state index in [2.05, 4.69) is 10.2 Å². The summed E-state index contributed by atoms with van der Waals surface area (Å²) in [5.41, 5.74) is 2.31. The number of para-hydroxylation sites is 1. The second-order valence-electron chi connectivity index (χ2n) is 6.42. The lowest BCUT2D eigenvalue weighted by Crippen LogP contribution is -1.98. The highest BCUT2D eigenvalue weighted by Crippen LogP contribution is 2.39. The van der Waals surface area contributed by atoms with Crippen LogP contribution in [0.1, 0.15) is 15.9 Å². The number of hydrogen-bond acceptors (Lipinski definition) is 3. The average molecular weight is 424 g/mol. The number of benzene rings is 3. The van der Waals surface area contributed by atoms with Gasteiger partial charge in [-0.05, 0) is 42.0 Å². The van der Waals surface area contributed by atoms with Crippen LogP contribution in [0.15, 0.2) is 83.0 Å². The number of amides is 1. The van der Waals surface area contributed by atoms with E-state index in [0.717, 1.165) is 11.1 Å². The van der Waals surface area contributed by atoms with Crippen molar-refractivity contribution in [2.45, 2.75) is 6.54 Å². The van der Waals surface area contributed by atoms with Crippen LogP contribution in [-0.4, -0.2) is 15.6 Å². The molecule has 0 saturated heterocycles. The average Bonchev–Trinajstić information content (AvgIpc) is 2.99. The molecule has 0 aliphatic carbocycles. The Morgan fingerprint density at radius 2 is 1.69 bits per heavy atom. The zero-order chi connectivity index (χ0) is 20.4. The molecule has 0 spiro atoms. The number of carbonyl (C=O) groups excluding carboxylic acids is 1. The molecule has 0 radical (unpaired) electrons. The van der Waals surface area contributed by atoms with Gasteiger partial charge in [0.05, 0.1) is 12.1 Å². The Balaban J connectivity index is 1.72. The van der Waals surface area contributed by atoms with E-state index in [1.807, 2.05) is 36.4 Å². The Kier molecular flexibility index (Phi) is 5.34. The van der Waals surface area contributed by atoms with E-state index >= 15 is 0 Å². The standard InChI is InChI=1S/C22H15Cl2N3O2/c23-16-10-8-14(9-11-16)13-27-19-7-2-1-6-18(19)20(22(27)29)25-26-21(28)15-4-3-5-17(24)12-15/h1-12,29H,13H2. The Bertz CT molecular complexity index is 1230. The quantitative estimate of drug-likeness (QED) is 0.374. The molecule has 0 unspecified atom stereocenters. The van der Waals surface area contributed by atoms with Crippen LogP contribution >= 0.6 is 23.2 Å². The third kappa shape index (κ3) is 4.01. The minimum atomic E-state index is -0.540. The summed E-state index contributed by atoms with van der Waals surface area (Å²) in [5, 5.41) is 20.4. The molecule has 1 amide bonds. The third-order valence-electron chi connectivity index (χ3n) is 4.48. The van der Waals surface area contributed by atoms with Gasteiger partial charge in [0.25, 0.3) is 5.91 Å². The van der Waals surface area contributed by atoms with Gasteiger partial charge in [0, 0.05) is 21.0 Å². The molecule has 0 fully saturated rings. The summed E-state index contributed by atoms with van der Waals surface area (Å²) >= 11 is 11.9. The Hall–Kier alpha value is -3.15.